The van der Waals surface area contributed by atoms with Gasteiger partial charge in [-0.05, 0) is 62.7 Å². The van der Waals surface area contributed by atoms with Crippen LogP contribution in [0, 0.1) is 6.92 Å². The molecule has 5 nitrogen and oxygen atoms in total. The van der Waals surface area contributed by atoms with Crippen LogP contribution in [0.4, 0.5) is 0 Å². The molecule has 1 fully saturated rings. The van der Waals surface area contributed by atoms with E-state index in [9.17, 15) is 4.79 Å². The standard InChI is InChI=1S/C27H30N4O/c1-19-10-11-23(30-26(19)24(32)17-22(28)20-8-5-4-6-9-20)21-12-14-29-25(16-21)27(2)13-7-15-31(3)18-27/h4-6,8-12,14,16-17H,7,13,15,18,28H2,1-3H3. The van der Waals surface area contributed by atoms with Crippen LogP contribution in [0.15, 0.2) is 66.9 Å². The van der Waals surface area contributed by atoms with Crippen LogP contribution in [0.5, 0.6) is 0 Å². The van der Waals surface area contributed by atoms with Gasteiger partial charge in [-0.1, -0.05) is 43.3 Å². The van der Waals surface area contributed by atoms with Gasteiger partial charge in [0.2, 0.25) is 5.78 Å². The molecule has 164 valence electrons. The number of ketones is 1. The predicted molar refractivity (Wildman–Crippen MR) is 129 cm³/mol. The van der Waals surface area contributed by atoms with Crippen LogP contribution in [-0.2, 0) is 5.41 Å². The smallest absolute Gasteiger partial charge is 0.206 e. The Morgan fingerprint density at radius 2 is 1.94 bits per heavy atom. The fraction of sp³-hybridized carbons (Fsp3) is 0.296. The van der Waals surface area contributed by atoms with Gasteiger partial charge in [0.1, 0.15) is 5.69 Å². The number of aromatic nitrogens is 2. The summed E-state index contributed by atoms with van der Waals surface area (Å²) in [6.07, 6.45) is 5.59. The van der Waals surface area contributed by atoms with Crippen molar-refractivity contribution in [1.29, 1.82) is 0 Å². The average Bonchev–Trinajstić information content (AvgIpc) is 2.80. The number of hydrogen-bond acceptors (Lipinski definition) is 5. The van der Waals surface area contributed by atoms with Gasteiger partial charge < -0.3 is 10.6 Å². The summed E-state index contributed by atoms with van der Waals surface area (Å²) >= 11 is 0. The number of hydrogen-bond donors (Lipinski definition) is 1. The summed E-state index contributed by atoms with van der Waals surface area (Å²) in [6, 6.07) is 17.5. The van der Waals surface area contributed by atoms with Gasteiger partial charge in [0.15, 0.2) is 0 Å². The van der Waals surface area contributed by atoms with Crippen LogP contribution in [0.25, 0.3) is 17.0 Å². The second-order valence-electron chi connectivity index (χ2n) is 9.02. The lowest BCUT2D eigenvalue weighted by Gasteiger charge is -2.38. The van der Waals surface area contributed by atoms with Crippen molar-refractivity contribution in [2.75, 3.05) is 20.1 Å². The quantitative estimate of drug-likeness (QED) is 0.476. The summed E-state index contributed by atoms with van der Waals surface area (Å²) in [7, 11) is 2.16. The SMILES string of the molecule is Cc1ccc(-c2ccnc(C3(C)CCCN(C)C3)c2)nc1C(=O)C=C(N)c1ccccc1. The molecule has 0 bridgehead atoms. The minimum absolute atomic E-state index is 0.0131. The molecule has 1 atom stereocenters. The fourth-order valence-electron chi connectivity index (χ4n) is 4.48. The van der Waals surface area contributed by atoms with Gasteiger partial charge in [0.05, 0.1) is 5.69 Å². The number of benzene rings is 1. The molecule has 1 aliphatic rings. The molecule has 4 rings (SSSR count). The Labute approximate surface area is 190 Å². The van der Waals surface area contributed by atoms with Crippen LogP contribution in [0.1, 0.15) is 47.1 Å². The summed E-state index contributed by atoms with van der Waals surface area (Å²) in [6.45, 7) is 6.29. The number of carbonyl (C=O) groups excluding carboxylic acids is 1. The molecule has 32 heavy (non-hydrogen) atoms. The number of likely N-dealkylation sites (tertiary alicyclic amines) is 1. The van der Waals surface area contributed by atoms with Gasteiger partial charge in [-0.2, -0.15) is 0 Å². The first kappa shape index (κ1) is 21.9. The van der Waals surface area contributed by atoms with Crippen LogP contribution < -0.4 is 5.73 Å². The van der Waals surface area contributed by atoms with Crippen molar-refractivity contribution < 1.29 is 4.79 Å². The van der Waals surface area contributed by atoms with E-state index in [1.165, 1.54) is 6.08 Å². The molecule has 0 aliphatic carbocycles. The summed E-state index contributed by atoms with van der Waals surface area (Å²) in [4.78, 5) is 24.8. The van der Waals surface area contributed by atoms with Crippen LogP contribution >= 0.6 is 0 Å². The third kappa shape index (κ3) is 4.63. The highest BCUT2D eigenvalue weighted by atomic mass is 16.1. The van der Waals surface area contributed by atoms with Gasteiger partial charge in [0, 0.05) is 41.2 Å². The van der Waals surface area contributed by atoms with Gasteiger partial charge in [-0.15, -0.1) is 0 Å². The molecule has 1 aliphatic heterocycles. The Kier molecular flexibility index (Phi) is 6.19. The third-order valence-electron chi connectivity index (χ3n) is 6.29. The van der Waals surface area contributed by atoms with Crippen molar-refractivity contribution in [3.8, 4) is 11.3 Å². The fourth-order valence-corrected chi connectivity index (χ4v) is 4.48. The van der Waals surface area contributed by atoms with E-state index >= 15 is 0 Å². The molecule has 0 saturated carbocycles. The maximum absolute atomic E-state index is 13.0. The Hall–Kier alpha value is -3.31. The van der Waals surface area contributed by atoms with E-state index < -0.39 is 0 Å². The van der Waals surface area contributed by atoms with Gasteiger partial charge in [-0.25, -0.2) is 4.98 Å². The number of allylic oxidation sites excluding steroid dienone is 1. The zero-order valence-electron chi connectivity index (χ0n) is 19.0. The number of likely N-dealkylation sites (N-methyl/N-ethyl adjacent to an activating group) is 1. The number of piperidine rings is 1. The van der Waals surface area contributed by atoms with E-state index in [1.807, 2.05) is 61.7 Å². The maximum Gasteiger partial charge on any atom is 0.206 e. The summed E-state index contributed by atoms with van der Waals surface area (Å²) in [5, 5.41) is 0. The highest BCUT2D eigenvalue weighted by molar-refractivity contribution is 6.08. The molecule has 2 aromatic heterocycles. The second-order valence-corrected chi connectivity index (χ2v) is 9.02. The Morgan fingerprint density at radius 3 is 2.69 bits per heavy atom. The molecule has 5 heteroatoms. The van der Waals surface area contributed by atoms with E-state index in [1.54, 1.807) is 0 Å². The molecule has 1 unspecified atom stereocenters. The predicted octanol–water partition coefficient (Wildman–Crippen LogP) is 4.62. The molecule has 0 radical (unpaired) electrons. The number of rotatable bonds is 5. The second kappa shape index (κ2) is 9.05. The first-order valence-electron chi connectivity index (χ1n) is 11.1. The Balaban J connectivity index is 1.65. The van der Waals surface area contributed by atoms with Crippen molar-refractivity contribution in [3.05, 3.63) is 89.4 Å². The van der Waals surface area contributed by atoms with Crippen molar-refractivity contribution in [3.63, 3.8) is 0 Å². The van der Waals surface area contributed by atoms with Crippen molar-refractivity contribution in [1.82, 2.24) is 14.9 Å². The number of aryl methyl sites for hydroxylation is 1. The zero-order chi connectivity index (χ0) is 22.7. The van der Waals surface area contributed by atoms with E-state index in [4.69, 9.17) is 15.7 Å². The Bertz CT molecular complexity index is 1160. The van der Waals surface area contributed by atoms with Gasteiger partial charge >= 0.3 is 0 Å². The van der Waals surface area contributed by atoms with E-state index in [0.29, 0.717) is 11.4 Å². The summed E-state index contributed by atoms with van der Waals surface area (Å²) < 4.78 is 0. The zero-order valence-corrected chi connectivity index (χ0v) is 19.0. The Morgan fingerprint density at radius 1 is 1.16 bits per heavy atom. The molecule has 1 aromatic carbocycles. The largest absolute Gasteiger partial charge is 0.398 e. The van der Waals surface area contributed by atoms with Crippen molar-refractivity contribution in [2.24, 2.45) is 5.73 Å². The third-order valence-corrected chi connectivity index (χ3v) is 6.29. The molecule has 2 N–H and O–H groups in total. The van der Waals surface area contributed by atoms with E-state index in [-0.39, 0.29) is 11.2 Å². The number of pyridine rings is 2. The number of nitrogens with two attached hydrogens (primary N) is 1. The van der Waals surface area contributed by atoms with Crippen molar-refractivity contribution >= 4 is 11.5 Å². The molecular formula is C27H30N4O. The van der Waals surface area contributed by atoms with Crippen LogP contribution in [0.3, 0.4) is 0 Å². The molecule has 3 heterocycles. The van der Waals surface area contributed by atoms with E-state index in [2.05, 4.69) is 24.9 Å². The lowest BCUT2D eigenvalue weighted by atomic mass is 9.78. The maximum atomic E-state index is 13.0. The minimum atomic E-state index is -0.194. The highest BCUT2D eigenvalue weighted by Crippen LogP contribution is 2.33. The molecule has 1 saturated heterocycles. The number of carbonyl (C=O) groups is 1. The monoisotopic (exact) mass is 426 g/mol. The summed E-state index contributed by atoms with van der Waals surface area (Å²) in [5.74, 6) is -0.194. The molecular weight excluding hydrogens is 396 g/mol. The molecule has 0 spiro atoms. The molecule has 0 amide bonds. The first-order valence-corrected chi connectivity index (χ1v) is 11.1. The molecule has 3 aromatic rings. The lowest BCUT2D eigenvalue weighted by molar-refractivity contribution is 0.104. The van der Waals surface area contributed by atoms with Crippen molar-refractivity contribution in [2.45, 2.75) is 32.1 Å². The van der Waals surface area contributed by atoms with Crippen LogP contribution in [-0.4, -0.2) is 40.8 Å². The van der Waals surface area contributed by atoms with E-state index in [0.717, 1.165) is 54.0 Å². The normalized spacial score (nSPS) is 19.7. The highest BCUT2D eigenvalue weighted by Gasteiger charge is 2.32. The first-order chi connectivity index (χ1) is 15.4. The lowest BCUT2D eigenvalue weighted by Crippen LogP contribution is -2.42. The van der Waals surface area contributed by atoms with Gasteiger partial charge in [0.25, 0.3) is 0 Å². The minimum Gasteiger partial charge on any atom is -0.398 e. The number of nitrogens with zero attached hydrogens (tertiary/aromatic N) is 3. The topological polar surface area (TPSA) is 72.1 Å². The van der Waals surface area contributed by atoms with Crippen LogP contribution in [0.2, 0.25) is 0 Å². The average molecular weight is 427 g/mol. The summed E-state index contributed by atoms with van der Waals surface area (Å²) in [5.41, 5.74) is 11.5. The van der Waals surface area contributed by atoms with Gasteiger partial charge in [-0.3, -0.25) is 9.78 Å².